The van der Waals surface area contributed by atoms with Crippen LogP contribution in [0.25, 0.3) is 11.2 Å². The standard InChI is InChI=1S/C22H30N4O/c1-13-7-10-18-20(23-13)26(16-5-4-6-16)21(24-18)25-19(27)11-14-8-9-15-12-17(14)22(15,2)3/h7,10,14-17H,4-6,8-9,11-12H2,1-3H3,(H,24,25,27)/t14-,15-,17-/m0/s1. The molecule has 4 fully saturated rings. The number of anilines is 1. The lowest BCUT2D eigenvalue weighted by atomic mass is 9.45. The minimum atomic E-state index is 0.119. The normalized spacial score (nSPS) is 29.2. The molecule has 2 bridgehead atoms. The van der Waals surface area contributed by atoms with E-state index in [1.165, 1.54) is 25.7 Å². The molecule has 4 aliphatic carbocycles. The number of carbonyl (C=O) groups is 1. The van der Waals surface area contributed by atoms with Crippen LogP contribution in [0.3, 0.4) is 0 Å². The summed E-state index contributed by atoms with van der Waals surface area (Å²) in [6.07, 6.45) is 7.95. The number of aryl methyl sites for hydroxylation is 1. The van der Waals surface area contributed by atoms with Crippen molar-refractivity contribution in [2.75, 3.05) is 5.32 Å². The predicted molar refractivity (Wildman–Crippen MR) is 107 cm³/mol. The number of pyridine rings is 1. The third kappa shape index (κ3) is 2.69. The zero-order chi connectivity index (χ0) is 18.8. The molecule has 5 heteroatoms. The van der Waals surface area contributed by atoms with Gasteiger partial charge in [-0.2, -0.15) is 0 Å². The van der Waals surface area contributed by atoms with Crippen molar-refractivity contribution < 1.29 is 4.79 Å². The van der Waals surface area contributed by atoms with E-state index < -0.39 is 0 Å². The average Bonchev–Trinajstić information content (AvgIpc) is 2.90. The number of nitrogens with one attached hydrogen (secondary N) is 1. The maximum atomic E-state index is 12.9. The first-order valence-electron chi connectivity index (χ1n) is 10.6. The molecule has 3 atom stereocenters. The van der Waals surface area contributed by atoms with E-state index >= 15 is 0 Å². The van der Waals surface area contributed by atoms with Gasteiger partial charge in [0.2, 0.25) is 11.9 Å². The quantitative estimate of drug-likeness (QED) is 0.840. The summed E-state index contributed by atoms with van der Waals surface area (Å²) >= 11 is 0. The summed E-state index contributed by atoms with van der Waals surface area (Å²) in [5.74, 6) is 2.91. The molecule has 4 saturated carbocycles. The van der Waals surface area contributed by atoms with Crippen molar-refractivity contribution in [2.45, 2.75) is 71.8 Å². The van der Waals surface area contributed by atoms with E-state index in [-0.39, 0.29) is 5.91 Å². The molecule has 27 heavy (non-hydrogen) atoms. The van der Waals surface area contributed by atoms with Crippen LogP contribution < -0.4 is 5.32 Å². The number of hydrogen-bond acceptors (Lipinski definition) is 3. The smallest absolute Gasteiger partial charge is 0.226 e. The van der Waals surface area contributed by atoms with Gasteiger partial charge in [-0.15, -0.1) is 0 Å². The second-order valence-electron chi connectivity index (χ2n) is 9.64. The highest BCUT2D eigenvalue weighted by Gasteiger charge is 2.54. The number of amides is 1. The molecule has 4 aliphatic rings. The lowest BCUT2D eigenvalue weighted by molar-refractivity contribution is -0.128. The van der Waals surface area contributed by atoms with Gasteiger partial charge in [0.1, 0.15) is 5.52 Å². The van der Waals surface area contributed by atoms with E-state index in [4.69, 9.17) is 9.97 Å². The molecule has 6 rings (SSSR count). The van der Waals surface area contributed by atoms with Crippen LogP contribution in [0.15, 0.2) is 12.1 Å². The second kappa shape index (κ2) is 6.05. The maximum Gasteiger partial charge on any atom is 0.226 e. The van der Waals surface area contributed by atoms with Gasteiger partial charge in [0.15, 0.2) is 5.65 Å². The molecule has 2 aromatic heterocycles. The maximum absolute atomic E-state index is 12.9. The van der Waals surface area contributed by atoms with Crippen LogP contribution in [-0.4, -0.2) is 20.4 Å². The first-order valence-corrected chi connectivity index (χ1v) is 10.6. The van der Waals surface area contributed by atoms with E-state index in [1.54, 1.807) is 0 Å². The number of rotatable bonds is 4. The lowest BCUT2D eigenvalue weighted by Gasteiger charge is -2.60. The number of hydrogen-bond donors (Lipinski definition) is 1. The van der Waals surface area contributed by atoms with Gasteiger partial charge in [-0.1, -0.05) is 13.8 Å². The largest absolute Gasteiger partial charge is 0.296 e. The summed E-state index contributed by atoms with van der Waals surface area (Å²) in [6.45, 7) is 6.78. The average molecular weight is 367 g/mol. The van der Waals surface area contributed by atoms with E-state index in [0.29, 0.717) is 35.7 Å². The number of aromatic nitrogens is 3. The molecular formula is C22H30N4O. The number of nitrogens with zero attached hydrogens (tertiary/aromatic N) is 3. The second-order valence-corrected chi connectivity index (χ2v) is 9.64. The number of imidazole rings is 1. The molecule has 0 aromatic carbocycles. The molecule has 1 N–H and O–H groups in total. The fourth-order valence-electron chi connectivity index (χ4n) is 5.77. The number of fused-ring (bicyclic) bond motifs is 3. The van der Waals surface area contributed by atoms with Crippen LogP contribution >= 0.6 is 0 Å². The molecule has 0 radical (unpaired) electrons. The highest BCUT2D eigenvalue weighted by Crippen LogP contribution is 2.62. The summed E-state index contributed by atoms with van der Waals surface area (Å²) in [7, 11) is 0. The topological polar surface area (TPSA) is 59.8 Å². The molecule has 144 valence electrons. The van der Waals surface area contributed by atoms with Crippen LogP contribution in [0, 0.1) is 30.1 Å². The van der Waals surface area contributed by atoms with Gasteiger partial charge < -0.3 is 0 Å². The van der Waals surface area contributed by atoms with Gasteiger partial charge in [0.25, 0.3) is 0 Å². The number of carbonyl (C=O) groups excluding carboxylic acids is 1. The first-order chi connectivity index (χ1) is 12.9. The summed E-state index contributed by atoms with van der Waals surface area (Å²) in [5.41, 5.74) is 3.20. The van der Waals surface area contributed by atoms with E-state index in [1.807, 2.05) is 19.1 Å². The minimum Gasteiger partial charge on any atom is -0.296 e. The minimum absolute atomic E-state index is 0.119. The third-order valence-corrected chi connectivity index (χ3v) is 7.82. The van der Waals surface area contributed by atoms with Gasteiger partial charge in [-0.25, -0.2) is 9.97 Å². The summed E-state index contributed by atoms with van der Waals surface area (Å²) in [6, 6.07) is 4.42. The Labute approximate surface area is 161 Å². The van der Waals surface area contributed by atoms with Crippen LogP contribution in [-0.2, 0) is 4.79 Å². The Morgan fingerprint density at radius 2 is 2.04 bits per heavy atom. The fraction of sp³-hybridized carbons (Fsp3) is 0.682. The van der Waals surface area contributed by atoms with Crippen LogP contribution in [0.4, 0.5) is 5.95 Å². The molecule has 1 amide bonds. The summed E-state index contributed by atoms with van der Waals surface area (Å²) in [4.78, 5) is 22.3. The van der Waals surface area contributed by atoms with Gasteiger partial charge >= 0.3 is 0 Å². The zero-order valence-electron chi connectivity index (χ0n) is 16.7. The van der Waals surface area contributed by atoms with E-state index in [9.17, 15) is 4.79 Å². The molecule has 2 aromatic rings. The van der Waals surface area contributed by atoms with E-state index in [2.05, 4.69) is 23.7 Å². The SMILES string of the molecule is Cc1ccc2nc(NC(=O)C[C@@H]3CC[C@H]4C[C@@H]3C4(C)C)n(C3CCC3)c2n1. The predicted octanol–water partition coefficient (Wildman–Crippen LogP) is 4.87. The Kier molecular flexibility index (Phi) is 3.85. The van der Waals surface area contributed by atoms with Crippen molar-refractivity contribution >= 4 is 23.0 Å². The molecule has 5 nitrogen and oxygen atoms in total. The van der Waals surface area contributed by atoms with Gasteiger partial charge in [0.05, 0.1) is 0 Å². The third-order valence-electron chi connectivity index (χ3n) is 7.82. The zero-order valence-corrected chi connectivity index (χ0v) is 16.7. The summed E-state index contributed by atoms with van der Waals surface area (Å²) < 4.78 is 2.17. The van der Waals surface area contributed by atoms with Crippen LogP contribution in [0.1, 0.15) is 70.5 Å². The Bertz CT molecular complexity index is 893. The highest BCUT2D eigenvalue weighted by molar-refractivity contribution is 5.91. The lowest BCUT2D eigenvalue weighted by Crippen LogP contribution is -2.52. The van der Waals surface area contributed by atoms with Crippen molar-refractivity contribution in [1.82, 2.24) is 14.5 Å². The molecule has 0 spiro atoms. The fourth-order valence-corrected chi connectivity index (χ4v) is 5.77. The van der Waals surface area contributed by atoms with Crippen molar-refractivity contribution in [3.63, 3.8) is 0 Å². The molecule has 2 heterocycles. The first kappa shape index (κ1) is 17.2. The monoisotopic (exact) mass is 366 g/mol. The van der Waals surface area contributed by atoms with Crippen LogP contribution in [0.2, 0.25) is 0 Å². The Morgan fingerprint density at radius 1 is 1.22 bits per heavy atom. The Hall–Kier alpha value is -1.91. The van der Waals surface area contributed by atoms with Gasteiger partial charge in [-0.05, 0) is 80.8 Å². The molecule has 0 unspecified atom stereocenters. The molecule has 0 aliphatic heterocycles. The van der Waals surface area contributed by atoms with Gasteiger partial charge in [-0.3, -0.25) is 14.7 Å². The highest BCUT2D eigenvalue weighted by atomic mass is 16.1. The van der Waals surface area contributed by atoms with Gasteiger partial charge in [0, 0.05) is 18.2 Å². The summed E-state index contributed by atoms with van der Waals surface area (Å²) in [5, 5.41) is 3.15. The van der Waals surface area contributed by atoms with Crippen LogP contribution in [0.5, 0.6) is 0 Å². The molecular weight excluding hydrogens is 336 g/mol. The van der Waals surface area contributed by atoms with Crippen molar-refractivity contribution in [2.24, 2.45) is 23.2 Å². The van der Waals surface area contributed by atoms with Crippen molar-refractivity contribution in [3.05, 3.63) is 17.8 Å². The van der Waals surface area contributed by atoms with E-state index in [0.717, 1.165) is 35.6 Å². The Morgan fingerprint density at radius 3 is 2.70 bits per heavy atom. The van der Waals surface area contributed by atoms with Crippen molar-refractivity contribution in [3.8, 4) is 0 Å². The Balaban J connectivity index is 1.37. The van der Waals surface area contributed by atoms with Crippen molar-refractivity contribution in [1.29, 1.82) is 0 Å². The molecule has 0 saturated heterocycles.